The van der Waals surface area contributed by atoms with Crippen molar-refractivity contribution in [3.05, 3.63) is 12.1 Å². The average molecular weight is 290 g/mol. The Balaban J connectivity index is 1.62. The summed E-state index contributed by atoms with van der Waals surface area (Å²) in [6.45, 7) is 2.05. The molecule has 0 spiro atoms. The van der Waals surface area contributed by atoms with Gasteiger partial charge in [-0.05, 0) is 12.1 Å². The number of carbonyl (C=O) groups excluding carboxylic acids is 2. The Labute approximate surface area is 120 Å². The molecule has 2 N–H and O–H groups in total. The first-order valence-electron chi connectivity index (χ1n) is 6.83. The molecule has 3 aliphatic heterocycles. The Kier molecular flexibility index (Phi) is 2.71. The van der Waals surface area contributed by atoms with Crippen molar-refractivity contribution < 1.29 is 19.1 Å². The molecule has 110 valence electrons. The molecule has 0 aliphatic carbocycles. The van der Waals surface area contributed by atoms with Crippen LogP contribution in [0, 0.1) is 5.92 Å². The zero-order valence-electron chi connectivity index (χ0n) is 11.2. The third-order valence-corrected chi connectivity index (χ3v) is 3.90. The minimum atomic E-state index is -0.407. The monoisotopic (exact) mass is 290 g/mol. The number of hydrogen-bond donors (Lipinski definition) is 2. The molecular weight excluding hydrogens is 276 g/mol. The summed E-state index contributed by atoms with van der Waals surface area (Å²) in [5.41, 5.74) is 0. The highest BCUT2D eigenvalue weighted by Crippen LogP contribution is 2.31. The van der Waals surface area contributed by atoms with Crippen molar-refractivity contribution in [3.63, 3.8) is 0 Å². The molecule has 21 heavy (non-hydrogen) atoms. The molecular formula is C13H14N4O4. The van der Waals surface area contributed by atoms with Crippen LogP contribution in [-0.2, 0) is 9.53 Å². The molecule has 0 unspecified atom stereocenters. The van der Waals surface area contributed by atoms with E-state index < -0.39 is 6.09 Å². The Bertz CT molecular complexity index is 620. The van der Waals surface area contributed by atoms with Gasteiger partial charge in [0.25, 0.3) is 5.91 Å². The second-order valence-corrected chi connectivity index (χ2v) is 5.30. The van der Waals surface area contributed by atoms with Crippen molar-refractivity contribution in [2.24, 2.45) is 5.92 Å². The van der Waals surface area contributed by atoms with Gasteiger partial charge in [0, 0.05) is 25.6 Å². The molecule has 2 fully saturated rings. The third kappa shape index (κ3) is 2.07. The lowest BCUT2D eigenvalue weighted by molar-refractivity contribution is -0.118. The number of aromatic nitrogens is 1. The van der Waals surface area contributed by atoms with Crippen LogP contribution in [-0.4, -0.2) is 49.3 Å². The average Bonchev–Trinajstić information content (AvgIpc) is 2.92. The van der Waals surface area contributed by atoms with Gasteiger partial charge in [0.05, 0.1) is 0 Å². The molecule has 0 radical (unpaired) electrons. The van der Waals surface area contributed by atoms with E-state index in [9.17, 15) is 9.59 Å². The maximum absolute atomic E-state index is 12.1. The number of rotatable bonds is 1. The van der Waals surface area contributed by atoms with Gasteiger partial charge >= 0.3 is 6.09 Å². The highest BCUT2D eigenvalue weighted by molar-refractivity contribution is 5.95. The summed E-state index contributed by atoms with van der Waals surface area (Å²) < 4.78 is 10.7. The molecule has 4 heterocycles. The van der Waals surface area contributed by atoms with E-state index in [0.29, 0.717) is 30.5 Å². The van der Waals surface area contributed by atoms with Gasteiger partial charge in [-0.2, -0.15) is 0 Å². The number of ether oxygens (including phenoxy) is 2. The molecule has 2 saturated heterocycles. The van der Waals surface area contributed by atoms with Gasteiger partial charge in [-0.1, -0.05) is 0 Å². The SMILES string of the molecule is O=C1COc2ccc(N3C[C@@H]4CNC[C@H]4OC3=O)nc2N1. The zero-order valence-corrected chi connectivity index (χ0v) is 11.2. The maximum atomic E-state index is 12.1. The number of fused-ring (bicyclic) bond motifs is 2. The molecule has 1 aromatic rings. The smallest absolute Gasteiger partial charge is 0.415 e. The van der Waals surface area contributed by atoms with Gasteiger partial charge in [-0.15, -0.1) is 0 Å². The molecule has 0 aromatic carbocycles. The van der Waals surface area contributed by atoms with Gasteiger partial charge in [0.1, 0.15) is 11.9 Å². The minimum Gasteiger partial charge on any atom is -0.480 e. The fourth-order valence-corrected chi connectivity index (χ4v) is 2.82. The predicted molar refractivity (Wildman–Crippen MR) is 72.3 cm³/mol. The first kappa shape index (κ1) is 12.4. The summed E-state index contributed by atoms with van der Waals surface area (Å²) >= 11 is 0. The van der Waals surface area contributed by atoms with E-state index in [1.54, 1.807) is 12.1 Å². The molecule has 2 amide bonds. The van der Waals surface area contributed by atoms with E-state index in [1.165, 1.54) is 4.90 Å². The molecule has 1 aromatic heterocycles. The van der Waals surface area contributed by atoms with E-state index in [1.807, 2.05) is 0 Å². The lowest BCUT2D eigenvalue weighted by Gasteiger charge is -2.33. The lowest BCUT2D eigenvalue weighted by atomic mass is 10.0. The summed E-state index contributed by atoms with van der Waals surface area (Å²) in [7, 11) is 0. The van der Waals surface area contributed by atoms with Crippen LogP contribution in [0.25, 0.3) is 0 Å². The van der Waals surface area contributed by atoms with Crippen LogP contribution >= 0.6 is 0 Å². The van der Waals surface area contributed by atoms with Crippen molar-refractivity contribution >= 4 is 23.6 Å². The lowest BCUT2D eigenvalue weighted by Crippen LogP contribution is -2.48. The first-order valence-corrected chi connectivity index (χ1v) is 6.83. The van der Waals surface area contributed by atoms with Crippen molar-refractivity contribution in [1.82, 2.24) is 10.3 Å². The summed E-state index contributed by atoms with van der Waals surface area (Å²) in [6.07, 6.45) is -0.468. The summed E-state index contributed by atoms with van der Waals surface area (Å²) in [5, 5.41) is 5.85. The maximum Gasteiger partial charge on any atom is 0.415 e. The first-order chi connectivity index (χ1) is 10.2. The number of nitrogens with one attached hydrogen (secondary N) is 2. The number of carbonyl (C=O) groups is 2. The van der Waals surface area contributed by atoms with Crippen molar-refractivity contribution in [2.45, 2.75) is 6.10 Å². The Morgan fingerprint density at radius 3 is 3.10 bits per heavy atom. The summed E-state index contributed by atoms with van der Waals surface area (Å²) in [4.78, 5) is 29.2. The third-order valence-electron chi connectivity index (χ3n) is 3.90. The van der Waals surface area contributed by atoms with Crippen molar-refractivity contribution in [2.75, 3.05) is 36.5 Å². The minimum absolute atomic E-state index is 0.0186. The molecule has 8 heteroatoms. The number of hydrogen-bond acceptors (Lipinski definition) is 6. The van der Waals surface area contributed by atoms with Gasteiger partial charge in [-0.25, -0.2) is 9.78 Å². The molecule has 4 rings (SSSR count). The number of pyridine rings is 1. The van der Waals surface area contributed by atoms with E-state index in [-0.39, 0.29) is 24.5 Å². The highest BCUT2D eigenvalue weighted by atomic mass is 16.6. The van der Waals surface area contributed by atoms with E-state index in [0.717, 1.165) is 6.54 Å². The van der Waals surface area contributed by atoms with Gasteiger partial charge in [-0.3, -0.25) is 9.69 Å². The molecule has 2 atom stereocenters. The van der Waals surface area contributed by atoms with Gasteiger partial charge in [0.2, 0.25) is 0 Å². The second-order valence-electron chi connectivity index (χ2n) is 5.30. The fourth-order valence-electron chi connectivity index (χ4n) is 2.82. The van der Waals surface area contributed by atoms with Crippen LogP contribution in [0.15, 0.2) is 12.1 Å². The largest absolute Gasteiger partial charge is 0.480 e. The van der Waals surface area contributed by atoms with Crippen molar-refractivity contribution in [3.8, 4) is 5.75 Å². The second kappa shape index (κ2) is 4.59. The number of amides is 2. The Morgan fingerprint density at radius 1 is 1.29 bits per heavy atom. The van der Waals surface area contributed by atoms with Gasteiger partial charge < -0.3 is 20.1 Å². The van der Waals surface area contributed by atoms with Crippen molar-refractivity contribution in [1.29, 1.82) is 0 Å². The fraction of sp³-hybridized carbons (Fsp3) is 0.462. The van der Waals surface area contributed by atoms with Crippen LogP contribution in [0.2, 0.25) is 0 Å². The molecule has 3 aliphatic rings. The topological polar surface area (TPSA) is 92.8 Å². The Hall–Kier alpha value is -2.35. The van der Waals surface area contributed by atoms with Crippen LogP contribution in [0.3, 0.4) is 0 Å². The predicted octanol–water partition coefficient (Wildman–Crippen LogP) is -0.0429. The number of anilines is 2. The van der Waals surface area contributed by atoms with Crippen LogP contribution in [0.5, 0.6) is 5.75 Å². The molecule has 0 bridgehead atoms. The molecule has 0 saturated carbocycles. The zero-order chi connectivity index (χ0) is 14.4. The normalized spacial score (nSPS) is 27.3. The van der Waals surface area contributed by atoms with Crippen LogP contribution in [0.1, 0.15) is 0 Å². The summed E-state index contributed by atoms with van der Waals surface area (Å²) in [6, 6.07) is 3.39. The molecule has 8 nitrogen and oxygen atoms in total. The van der Waals surface area contributed by atoms with E-state index in [2.05, 4.69) is 15.6 Å². The highest BCUT2D eigenvalue weighted by Gasteiger charge is 2.39. The summed E-state index contributed by atoms with van der Waals surface area (Å²) in [5.74, 6) is 1.29. The number of nitrogens with zero attached hydrogens (tertiary/aromatic N) is 2. The Morgan fingerprint density at radius 2 is 2.19 bits per heavy atom. The van der Waals surface area contributed by atoms with Crippen LogP contribution in [0.4, 0.5) is 16.4 Å². The van der Waals surface area contributed by atoms with Crippen LogP contribution < -0.4 is 20.3 Å². The van der Waals surface area contributed by atoms with Gasteiger partial charge in [0.15, 0.2) is 18.2 Å². The van der Waals surface area contributed by atoms with E-state index in [4.69, 9.17) is 9.47 Å². The standard InChI is InChI=1S/C13H14N4O4/c18-11-6-20-8-1-2-10(15-12(8)16-11)17-5-7-3-14-4-9(7)21-13(17)19/h1-2,7,9,14H,3-6H2,(H,15,16,18)/t7-,9+/m0/s1. The quantitative estimate of drug-likeness (QED) is 0.754. The van der Waals surface area contributed by atoms with E-state index >= 15 is 0 Å².